The highest BCUT2D eigenvalue weighted by Crippen LogP contribution is 2.26. The fourth-order valence-electron chi connectivity index (χ4n) is 1.31. The lowest BCUT2D eigenvalue weighted by Gasteiger charge is -2.12. The Morgan fingerprint density at radius 2 is 2.24 bits per heavy atom. The van der Waals surface area contributed by atoms with E-state index in [0.29, 0.717) is 17.3 Å². The lowest BCUT2D eigenvalue weighted by Crippen LogP contribution is -2.25. The van der Waals surface area contributed by atoms with E-state index < -0.39 is 0 Å². The van der Waals surface area contributed by atoms with E-state index in [4.69, 9.17) is 16.3 Å². The van der Waals surface area contributed by atoms with Gasteiger partial charge in [0.15, 0.2) is 6.61 Å². The number of likely N-dealkylation sites (N-methyl/N-ethyl adjacent to an activating group) is 1. The van der Waals surface area contributed by atoms with Gasteiger partial charge in [-0.3, -0.25) is 4.79 Å². The van der Waals surface area contributed by atoms with E-state index in [-0.39, 0.29) is 12.5 Å². The molecule has 1 aromatic rings. The Labute approximate surface area is 106 Å². The van der Waals surface area contributed by atoms with Crippen molar-refractivity contribution < 1.29 is 9.53 Å². The summed E-state index contributed by atoms with van der Waals surface area (Å²) in [5.41, 5.74) is 0.875. The predicted octanol–water partition coefficient (Wildman–Crippen LogP) is 1.57. The summed E-state index contributed by atoms with van der Waals surface area (Å²) in [6.45, 7) is 3.48. The van der Waals surface area contributed by atoms with Crippen LogP contribution in [0.5, 0.6) is 5.75 Å². The molecule has 1 amide bonds. The van der Waals surface area contributed by atoms with E-state index in [1.54, 1.807) is 19.2 Å². The SMILES string of the molecule is CCNCc1c(Cl)cccc1OCC(=O)NC. The van der Waals surface area contributed by atoms with Crippen LogP contribution in [0.2, 0.25) is 5.02 Å². The number of hydrogen-bond acceptors (Lipinski definition) is 3. The van der Waals surface area contributed by atoms with Crippen LogP contribution in [-0.4, -0.2) is 26.1 Å². The lowest BCUT2D eigenvalue weighted by atomic mass is 10.2. The van der Waals surface area contributed by atoms with Crippen molar-refractivity contribution in [3.63, 3.8) is 0 Å². The molecule has 0 bridgehead atoms. The van der Waals surface area contributed by atoms with Gasteiger partial charge in [-0.1, -0.05) is 24.6 Å². The van der Waals surface area contributed by atoms with Crippen LogP contribution in [0.1, 0.15) is 12.5 Å². The second kappa shape index (κ2) is 7.14. The number of hydrogen-bond donors (Lipinski definition) is 2. The monoisotopic (exact) mass is 256 g/mol. The minimum absolute atomic E-state index is 0.00400. The molecule has 0 spiro atoms. The third kappa shape index (κ3) is 4.24. The van der Waals surface area contributed by atoms with Crippen LogP contribution >= 0.6 is 11.6 Å². The molecule has 0 aromatic heterocycles. The van der Waals surface area contributed by atoms with Gasteiger partial charge in [0.25, 0.3) is 5.91 Å². The molecule has 0 radical (unpaired) electrons. The number of benzene rings is 1. The summed E-state index contributed by atoms with van der Waals surface area (Å²) in [6, 6.07) is 5.42. The molecule has 5 heteroatoms. The van der Waals surface area contributed by atoms with Crippen LogP contribution in [0.4, 0.5) is 0 Å². The molecular weight excluding hydrogens is 240 g/mol. The zero-order chi connectivity index (χ0) is 12.7. The zero-order valence-electron chi connectivity index (χ0n) is 10.0. The van der Waals surface area contributed by atoms with Crippen LogP contribution in [0.25, 0.3) is 0 Å². The van der Waals surface area contributed by atoms with Gasteiger partial charge in [-0.05, 0) is 18.7 Å². The molecule has 0 saturated heterocycles. The quantitative estimate of drug-likeness (QED) is 0.813. The van der Waals surface area contributed by atoms with Crippen molar-refractivity contribution in [2.45, 2.75) is 13.5 Å². The van der Waals surface area contributed by atoms with E-state index in [9.17, 15) is 4.79 Å². The Morgan fingerprint density at radius 3 is 2.88 bits per heavy atom. The van der Waals surface area contributed by atoms with Crippen LogP contribution in [-0.2, 0) is 11.3 Å². The van der Waals surface area contributed by atoms with Crippen molar-refractivity contribution >= 4 is 17.5 Å². The van der Waals surface area contributed by atoms with Crippen LogP contribution < -0.4 is 15.4 Å². The highest BCUT2D eigenvalue weighted by molar-refractivity contribution is 6.31. The van der Waals surface area contributed by atoms with Gasteiger partial charge in [0, 0.05) is 24.2 Å². The number of ether oxygens (including phenoxy) is 1. The molecule has 0 aliphatic rings. The topological polar surface area (TPSA) is 50.4 Å². The highest BCUT2D eigenvalue weighted by atomic mass is 35.5. The second-order valence-electron chi connectivity index (χ2n) is 3.46. The Balaban J connectivity index is 2.75. The minimum Gasteiger partial charge on any atom is -0.483 e. The number of amides is 1. The molecule has 94 valence electrons. The van der Waals surface area contributed by atoms with E-state index in [2.05, 4.69) is 10.6 Å². The van der Waals surface area contributed by atoms with Crippen LogP contribution in [0, 0.1) is 0 Å². The Morgan fingerprint density at radius 1 is 1.47 bits per heavy atom. The van der Waals surface area contributed by atoms with Crippen molar-refractivity contribution in [1.82, 2.24) is 10.6 Å². The maximum absolute atomic E-state index is 11.1. The predicted molar refractivity (Wildman–Crippen MR) is 68.4 cm³/mol. The fraction of sp³-hybridized carbons (Fsp3) is 0.417. The van der Waals surface area contributed by atoms with Gasteiger partial charge in [-0.15, -0.1) is 0 Å². The maximum Gasteiger partial charge on any atom is 0.257 e. The summed E-state index contributed by atoms with van der Waals surface area (Å²) in [4.78, 5) is 11.1. The summed E-state index contributed by atoms with van der Waals surface area (Å²) in [5.74, 6) is 0.474. The molecule has 0 aliphatic heterocycles. The molecule has 17 heavy (non-hydrogen) atoms. The molecule has 0 heterocycles. The normalized spacial score (nSPS) is 10.1. The number of carbonyl (C=O) groups is 1. The number of halogens is 1. The number of carbonyl (C=O) groups excluding carboxylic acids is 1. The summed E-state index contributed by atoms with van der Waals surface area (Å²) in [5, 5.41) is 6.32. The Bertz CT molecular complexity index is 383. The van der Waals surface area contributed by atoms with E-state index in [1.165, 1.54) is 0 Å². The van der Waals surface area contributed by atoms with Crippen molar-refractivity contribution in [3.05, 3.63) is 28.8 Å². The van der Waals surface area contributed by atoms with Crippen molar-refractivity contribution in [1.29, 1.82) is 0 Å². The first kappa shape index (κ1) is 13.8. The van der Waals surface area contributed by atoms with E-state index >= 15 is 0 Å². The third-order valence-electron chi connectivity index (χ3n) is 2.27. The summed E-state index contributed by atoms with van der Waals surface area (Å²) in [7, 11) is 1.57. The van der Waals surface area contributed by atoms with Crippen molar-refractivity contribution in [2.75, 3.05) is 20.2 Å². The minimum atomic E-state index is -0.167. The average Bonchev–Trinajstić information content (AvgIpc) is 2.34. The van der Waals surface area contributed by atoms with Crippen molar-refractivity contribution in [2.24, 2.45) is 0 Å². The standard InChI is InChI=1S/C12H17ClN2O2/c1-3-15-7-9-10(13)5-4-6-11(9)17-8-12(16)14-2/h4-6,15H,3,7-8H2,1-2H3,(H,14,16). The van der Waals surface area contributed by atoms with Gasteiger partial charge in [-0.25, -0.2) is 0 Å². The summed E-state index contributed by atoms with van der Waals surface area (Å²) >= 11 is 6.09. The van der Waals surface area contributed by atoms with Gasteiger partial charge in [0.2, 0.25) is 0 Å². The highest BCUT2D eigenvalue weighted by Gasteiger charge is 2.09. The molecule has 0 fully saturated rings. The first-order valence-corrected chi connectivity index (χ1v) is 5.88. The van der Waals surface area contributed by atoms with Crippen LogP contribution in [0.3, 0.4) is 0 Å². The van der Waals surface area contributed by atoms with Crippen LogP contribution in [0.15, 0.2) is 18.2 Å². The molecule has 1 rings (SSSR count). The smallest absolute Gasteiger partial charge is 0.257 e. The molecular formula is C12H17ClN2O2. The second-order valence-corrected chi connectivity index (χ2v) is 3.87. The molecule has 2 N–H and O–H groups in total. The zero-order valence-corrected chi connectivity index (χ0v) is 10.8. The lowest BCUT2D eigenvalue weighted by molar-refractivity contribution is -0.122. The fourth-order valence-corrected chi connectivity index (χ4v) is 1.54. The Hall–Kier alpha value is -1.26. The Kier molecular flexibility index (Phi) is 5.80. The summed E-state index contributed by atoms with van der Waals surface area (Å²) in [6.07, 6.45) is 0. The first-order valence-electron chi connectivity index (χ1n) is 5.50. The van der Waals surface area contributed by atoms with E-state index in [1.807, 2.05) is 13.0 Å². The maximum atomic E-state index is 11.1. The first-order chi connectivity index (χ1) is 8.19. The number of nitrogens with one attached hydrogen (secondary N) is 2. The molecule has 1 aromatic carbocycles. The third-order valence-corrected chi connectivity index (χ3v) is 2.62. The molecule has 0 atom stereocenters. The van der Waals surface area contributed by atoms with Gasteiger partial charge in [0.1, 0.15) is 5.75 Å². The molecule has 0 unspecified atom stereocenters. The average molecular weight is 257 g/mol. The summed E-state index contributed by atoms with van der Waals surface area (Å²) < 4.78 is 5.43. The van der Waals surface area contributed by atoms with Gasteiger partial charge in [0.05, 0.1) is 0 Å². The number of rotatable bonds is 6. The van der Waals surface area contributed by atoms with E-state index in [0.717, 1.165) is 12.1 Å². The van der Waals surface area contributed by atoms with Gasteiger partial charge >= 0.3 is 0 Å². The molecule has 0 saturated carbocycles. The van der Waals surface area contributed by atoms with Crippen molar-refractivity contribution in [3.8, 4) is 5.75 Å². The molecule has 4 nitrogen and oxygen atoms in total. The van der Waals surface area contributed by atoms with Gasteiger partial charge < -0.3 is 15.4 Å². The largest absolute Gasteiger partial charge is 0.483 e. The van der Waals surface area contributed by atoms with Gasteiger partial charge in [-0.2, -0.15) is 0 Å². The molecule has 0 aliphatic carbocycles.